The molecule has 1 heterocycles. The minimum absolute atomic E-state index is 0.0453. The predicted molar refractivity (Wildman–Crippen MR) is 72.6 cm³/mol. The van der Waals surface area contributed by atoms with E-state index in [4.69, 9.17) is 9.47 Å². The Labute approximate surface area is 127 Å². The average molecular weight is 308 g/mol. The Morgan fingerprint density at radius 3 is 2.32 bits per heavy atom. The lowest BCUT2D eigenvalue weighted by Gasteiger charge is -2.18. The molecule has 0 radical (unpaired) electrons. The molecule has 0 aliphatic carbocycles. The zero-order valence-electron chi connectivity index (χ0n) is 12.2. The molecule has 2 rings (SSSR count). The van der Waals surface area contributed by atoms with Crippen molar-refractivity contribution in [2.75, 3.05) is 20.8 Å². The van der Waals surface area contributed by atoms with Crippen LogP contribution in [-0.4, -0.2) is 44.3 Å². The number of carbonyl (C=O) groups is 3. The van der Waals surface area contributed by atoms with Gasteiger partial charge < -0.3 is 18.9 Å². The normalized spacial score (nSPS) is 20.6. The second-order valence-corrected chi connectivity index (χ2v) is 4.76. The SMILES string of the molecule is COC(=O)C[C@]1(C(=O)O[C@H](C(=O)OC)c2ccccc2)CO1. The number of esters is 3. The van der Waals surface area contributed by atoms with Crippen LogP contribution >= 0.6 is 0 Å². The van der Waals surface area contributed by atoms with Crippen LogP contribution in [0.4, 0.5) is 0 Å². The van der Waals surface area contributed by atoms with Crippen molar-refractivity contribution in [3.63, 3.8) is 0 Å². The molecule has 0 amide bonds. The fourth-order valence-electron chi connectivity index (χ4n) is 1.89. The molecule has 1 aromatic rings. The summed E-state index contributed by atoms with van der Waals surface area (Å²) in [7, 11) is 2.41. The number of benzene rings is 1. The van der Waals surface area contributed by atoms with Gasteiger partial charge in [0.05, 0.1) is 27.2 Å². The molecule has 22 heavy (non-hydrogen) atoms. The van der Waals surface area contributed by atoms with Gasteiger partial charge in [0.15, 0.2) is 5.60 Å². The van der Waals surface area contributed by atoms with E-state index in [2.05, 4.69) is 9.47 Å². The molecule has 1 aromatic carbocycles. The van der Waals surface area contributed by atoms with Gasteiger partial charge >= 0.3 is 17.9 Å². The smallest absolute Gasteiger partial charge is 0.351 e. The van der Waals surface area contributed by atoms with Crippen LogP contribution in [0.15, 0.2) is 30.3 Å². The highest BCUT2D eigenvalue weighted by Crippen LogP contribution is 2.35. The molecule has 0 saturated carbocycles. The second-order valence-electron chi connectivity index (χ2n) is 4.76. The van der Waals surface area contributed by atoms with Crippen molar-refractivity contribution in [2.24, 2.45) is 0 Å². The van der Waals surface area contributed by atoms with Gasteiger partial charge in [-0.15, -0.1) is 0 Å². The van der Waals surface area contributed by atoms with E-state index in [0.717, 1.165) is 0 Å². The van der Waals surface area contributed by atoms with E-state index in [1.165, 1.54) is 14.2 Å². The molecule has 7 heteroatoms. The van der Waals surface area contributed by atoms with Crippen LogP contribution in [0, 0.1) is 0 Å². The number of hydrogen-bond donors (Lipinski definition) is 0. The lowest BCUT2D eigenvalue weighted by Crippen LogP contribution is -2.33. The number of hydrogen-bond acceptors (Lipinski definition) is 7. The molecule has 0 spiro atoms. The van der Waals surface area contributed by atoms with E-state index < -0.39 is 29.6 Å². The molecule has 0 aromatic heterocycles. The van der Waals surface area contributed by atoms with Crippen LogP contribution in [0.1, 0.15) is 18.1 Å². The van der Waals surface area contributed by atoms with Crippen molar-refractivity contribution in [1.29, 1.82) is 0 Å². The molecular formula is C15H16O7. The third kappa shape index (κ3) is 3.43. The molecule has 7 nitrogen and oxygen atoms in total. The van der Waals surface area contributed by atoms with E-state index >= 15 is 0 Å². The van der Waals surface area contributed by atoms with E-state index in [0.29, 0.717) is 5.56 Å². The predicted octanol–water partition coefficient (Wildman–Crippen LogP) is 0.776. The van der Waals surface area contributed by atoms with Crippen molar-refractivity contribution in [3.05, 3.63) is 35.9 Å². The van der Waals surface area contributed by atoms with Crippen molar-refractivity contribution in [1.82, 2.24) is 0 Å². The Hall–Kier alpha value is -2.41. The summed E-state index contributed by atoms with van der Waals surface area (Å²) in [6.07, 6.45) is -1.47. The van der Waals surface area contributed by atoms with Gasteiger partial charge in [0.25, 0.3) is 0 Å². The van der Waals surface area contributed by atoms with Crippen LogP contribution in [0.25, 0.3) is 0 Å². The molecule has 0 N–H and O–H groups in total. The average Bonchev–Trinajstić information content (AvgIpc) is 3.33. The lowest BCUT2D eigenvalue weighted by molar-refractivity contribution is -0.171. The first kappa shape index (κ1) is 16.0. The summed E-state index contributed by atoms with van der Waals surface area (Å²) in [6, 6.07) is 8.45. The highest BCUT2D eigenvalue weighted by Gasteiger charge is 2.56. The molecule has 118 valence electrons. The van der Waals surface area contributed by atoms with Gasteiger partial charge in [-0.25, -0.2) is 9.59 Å². The minimum atomic E-state index is -1.37. The van der Waals surface area contributed by atoms with E-state index in [1.54, 1.807) is 30.3 Å². The van der Waals surface area contributed by atoms with E-state index in [-0.39, 0.29) is 13.0 Å². The zero-order valence-corrected chi connectivity index (χ0v) is 12.2. The van der Waals surface area contributed by atoms with Crippen LogP contribution in [0.5, 0.6) is 0 Å². The molecule has 1 fully saturated rings. The maximum atomic E-state index is 12.2. The molecule has 0 bridgehead atoms. The topological polar surface area (TPSA) is 91.4 Å². The maximum Gasteiger partial charge on any atom is 0.351 e. The number of carbonyl (C=O) groups excluding carboxylic acids is 3. The molecular weight excluding hydrogens is 292 g/mol. The van der Waals surface area contributed by atoms with Crippen molar-refractivity contribution in [3.8, 4) is 0 Å². The van der Waals surface area contributed by atoms with Gasteiger partial charge in [-0.3, -0.25) is 4.79 Å². The number of ether oxygens (including phenoxy) is 4. The van der Waals surface area contributed by atoms with Gasteiger partial charge in [0.1, 0.15) is 0 Å². The first-order valence-electron chi connectivity index (χ1n) is 6.57. The molecule has 1 aliphatic rings. The molecule has 1 aliphatic heterocycles. The monoisotopic (exact) mass is 308 g/mol. The van der Waals surface area contributed by atoms with Gasteiger partial charge in [-0.05, 0) is 0 Å². The van der Waals surface area contributed by atoms with Crippen molar-refractivity contribution >= 4 is 17.9 Å². The van der Waals surface area contributed by atoms with Crippen molar-refractivity contribution < 1.29 is 33.3 Å². The standard InChI is InChI=1S/C15H16O7/c1-19-11(16)8-15(9-21-15)14(18)22-12(13(17)20-2)10-6-4-3-5-7-10/h3-7,12H,8-9H2,1-2H3/t12-,15+/m0/s1. The Bertz CT molecular complexity index is 563. The first-order chi connectivity index (χ1) is 10.5. The third-order valence-corrected chi connectivity index (χ3v) is 3.26. The Morgan fingerprint density at radius 1 is 1.18 bits per heavy atom. The number of rotatable bonds is 6. The number of methoxy groups -OCH3 is 2. The zero-order chi connectivity index (χ0) is 16.2. The second kappa shape index (κ2) is 6.57. The third-order valence-electron chi connectivity index (χ3n) is 3.26. The maximum absolute atomic E-state index is 12.2. The summed E-state index contributed by atoms with van der Waals surface area (Å²) in [5.41, 5.74) is -0.898. The van der Waals surface area contributed by atoms with Gasteiger partial charge in [0, 0.05) is 5.56 Å². The van der Waals surface area contributed by atoms with Crippen LogP contribution in [0.2, 0.25) is 0 Å². The first-order valence-corrected chi connectivity index (χ1v) is 6.57. The summed E-state index contributed by atoms with van der Waals surface area (Å²) in [5, 5.41) is 0. The summed E-state index contributed by atoms with van der Waals surface area (Å²) in [6.45, 7) is 0.0453. The largest absolute Gasteiger partial charge is 0.469 e. The summed E-state index contributed by atoms with van der Waals surface area (Å²) in [4.78, 5) is 35.4. The van der Waals surface area contributed by atoms with Crippen LogP contribution in [-0.2, 0) is 33.3 Å². The van der Waals surface area contributed by atoms with Gasteiger partial charge in [-0.1, -0.05) is 30.3 Å². The van der Waals surface area contributed by atoms with Gasteiger partial charge in [0.2, 0.25) is 6.10 Å². The fourth-order valence-corrected chi connectivity index (χ4v) is 1.89. The Kier molecular flexibility index (Phi) is 4.77. The fraction of sp³-hybridized carbons (Fsp3) is 0.400. The summed E-state index contributed by atoms with van der Waals surface area (Å²) < 4.78 is 19.4. The van der Waals surface area contributed by atoms with Gasteiger partial charge in [-0.2, -0.15) is 0 Å². The minimum Gasteiger partial charge on any atom is -0.469 e. The highest BCUT2D eigenvalue weighted by atomic mass is 16.7. The lowest BCUT2D eigenvalue weighted by atomic mass is 10.1. The van der Waals surface area contributed by atoms with E-state index in [1.807, 2.05) is 0 Å². The van der Waals surface area contributed by atoms with Crippen molar-refractivity contribution in [2.45, 2.75) is 18.1 Å². The molecule has 0 unspecified atom stereocenters. The molecule has 2 atom stereocenters. The highest BCUT2D eigenvalue weighted by molar-refractivity contribution is 5.90. The molecule has 1 saturated heterocycles. The quantitative estimate of drug-likeness (QED) is 0.435. The number of epoxide rings is 1. The Morgan fingerprint density at radius 2 is 1.82 bits per heavy atom. The van der Waals surface area contributed by atoms with E-state index in [9.17, 15) is 14.4 Å². The van der Waals surface area contributed by atoms with Crippen LogP contribution < -0.4 is 0 Å². The summed E-state index contributed by atoms with van der Waals surface area (Å²) in [5.74, 6) is -2.10. The summed E-state index contributed by atoms with van der Waals surface area (Å²) >= 11 is 0. The van der Waals surface area contributed by atoms with Crippen LogP contribution in [0.3, 0.4) is 0 Å². The Balaban J connectivity index is 2.13.